The maximum atomic E-state index is 12.6. The highest BCUT2D eigenvalue weighted by Gasteiger charge is 2.28. The second kappa shape index (κ2) is 9.03. The lowest BCUT2D eigenvalue weighted by Crippen LogP contribution is -2.49. The third-order valence-corrected chi connectivity index (χ3v) is 6.09. The summed E-state index contributed by atoms with van der Waals surface area (Å²) < 4.78 is 10.6. The molecule has 27 heavy (non-hydrogen) atoms. The molecule has 2 aliphatic rings. The van der Waals surface area contributed by atoms with E-state index in [1.54, 1.807) is 11.4 Å². The second-order valence-electron chi connectivity index (χ2n) is 7.49. The molecule has 0 spiro atoms. The number of methoxy groups -OCH3 is 1. The molecule has 1 N–H and O–H groups in total. The molecule has 2 amide bonds. The zero-order valence-electron chi connectivity index (χ0n) is 16.3. The molecule has 2 fully saturated rings. The van der Waals surface area contributed by atoms with E-state index in [2.05, 4.69) is 24.1 Å². The van der Waals surface area contributed by atoms with Crippen LogP contribution in [0.5, 0.6) is 0 Å². The van der Waals surface area contributed by atoms with Crippen molar-refractivity contribution in [2.75, 3.05) is 45.2 Å². The van der Waals surface area contributed by atoms with Crippen molar-refractivity contribution < 1.29 is 19.1 Å². The number of ether oxygens (including phenoxy) is 2. The molecule has 2 unspecified atom stereocenters. The van der Waals surface area contributed by atoms with Crippen LogP contribution in [-0.4, -0.2) is 73.8 Å². The number of esters is 1. The van der Waals surface area contributed by atoms with E-state index in [4.69, 9.17) is 9.47 Å². The van der Waals surface area contributed by atoms with E-state index in [1.807, 2.05) is 4.90 Å². The van der Waals surface area contributed by atoms with E-state index in [1.165, 1.54) is 18.4 Å². The van der Waals surface area contributed by atoms with Gasteiger partial charge in [0.05, 0.1) is 25.0 Å². The van der Waals surface area contributed by atoms with Gasteiger partial charge in [0.15, 0.2) is 0 Å². The van der Waals surface area contributed by atoms with Gasteiger partial charge < -0.3 is 19.7 Å². The molecule has 1 aromatic rings. The van der Waals surface area contributed by atoms with Gasteiger partial charge in [-0.25, -0.2) is 9.59 Å². The molecule has 0 saturated carbocycles. The lowest BCUT2D eigenvalue weighted by molar-refractivity contribution is -0.0728. The van der Waals surface area contributed by atoms with Gasteiger partial charge in [-0.05, 0) is 44.1 Å². The van der Waals surface area contributed by atoms with Crippen LogP contribution in [0.25, 0.3) is 0 Å². The van der Waals surface area contributed by atoms with Gasteiger partial charge in [-0.3, -0.25) is 4.90 Å². The van der Waals surface area contributed by atoms with Crippen LogP contribution in [0.1, 0.15) is 36.4 Å². The number of carbonyl (C=O) groups is 2. The Morgan fingerprint density at radius 2 is 1.93 bits per heavy atom. The Hall–Kier alpha value is -1.64. The molecule has 2 aliphatic heterocycles. The highest BCUT2D eigenvalue weighted by atomic mass is 32.1. The smallest absolute Gasteiger partial charge is 0.350 e. The number of urea groups is 1. The monoisotopic (exact) mass is 395 g/mol. The number of amides is 2. The number of thiophene rings is 1. The van der Waals surface area contributed by atoms with Gasteiger partial charge in [0.1, 0.15) is 4.88 Å². The number of piperidine rings is 1. The summed E-state index contributed by atoms with van der Waals surface area (Å²) in [6.45, 7) is 8.78. The molecule has 2 atom stereocenters. The lowest BCUT2D eigenvalue weighted by Gasteiger charge is -2.39. The number of carbonyl (C=O) groups excluding carboxylic acids is 2. The Bertz CT molecular complexity index is 647. The van der Waals surface area contributed by atoms with Gasteiger partial charge in [-0.1, -0.05) is 0 Å². The van der Waals surface area contributed by atoms with Crippen LogP contribution in [-0.2, 0) is 9.47 Å². The molecule has 1 aromatic heterocycles. The largest absolute Gasteiger partial charge is 0.465 e. The first-order valence-corrected chi connectivity index (χ1v) is 10.4. The summed E-state index contributed by atoms with van der Waals surface area (Å²) in [5, 5.41) is 4.63. The highest BCUT2D eigenvalue weighted by Crippen LogP contribution is 2.25. The average molecular weight is 396 g/mol. The number of hydrogen-bond donors (Lipinski definition) is 1. The number of rotatable bonds is 4. The Morgan fingerprint density at radius 1 is 1.26 bits per heavy atom. The zero-order valence-corrected chi connectivity index (χ0v) is 17.1. The van der Waals surface area contributed by atoms with Crippen LogP contribution in [0.15, 0.2) is 11.4 Å². The minimum absolute atomic E-state index is 0.148. The quantitative estimate of drug-likeness (QED) is 0.794. The Labute approximate surface area is 164 Å². The predicted octanol–water partition coefficient (Wildman–Crippen LogP) is 2.89. The topological polar surface area (TPSA) is 71.1 Å². The van der Waals surface area contributed by atoms with Crippen molar-refractivity contribution in [3.63, 3.8) is 0 Å². The number of nitrogens with one attached hydrogen (secondary N) is 1. The molecular formula is C19H29N3O4S. The van der Waals surface area contributed by atoms with E-state index < -0.39 is 5.97 Å². The minimum atomic E-state index is -0.423. The summed E-state index contributed by atoms with van der Waals surface area (Å²) in [4.78, 5) is 29.0. The first kappa shape index (κ1) is 20.1. The molecule has 150 valence electrons. The van der Waals surface area contributed by atoms with Crippen LogP contribution in [0, 0.1) is 5.92 Å². The third-order valence-electron chi connectivity index (χ3n) is 5.19. The van der Waals surface area contributed by atoms with Gasteiger partial charge in [0.2, 0.25) is 0 Å². The average Bonchev–Trinajstić information content (AvgIpc) is 3.09. The summed E-state index contributed by atoms with van der Waals surface area (Å²) >= 11 is 1.27. The Balaban J connectivity index is 1.47. The Morgan fingerprint density at radius 3 is 2.56 bits per heavy atom. The summed E-state index contributed by atoms with van der Waals surface area (Å²) in [5.74, 6) is 0.186. The van der Waals surface area contributed by atoms with Crippen LogP contribution < -0.4 is 5.32 Å². The molecule has 0 bridgehead atoms. The molecule has 3 heterocycles. The van der Waals surface area contributed by atoms with E-state index in [9.17, 15) is 9.59 Å². The van der Waals surface area contributed by atoms with Crippen LogP contribution in [0.2, 0.25) is 0 Å². The molecular weight excluding hydrogens is 366 g/mol. The van der Waals surface area contributed by atoms with Crippen LogP contribution in [0.3, 0.4) is 0 Å². The minimum Gasteiger partial charge on any atom is -0.465 e. The second-order valence-corrected chi connectivity index (χ2v) is 8.41. The fourth-order valence-corrected chi connectivity index (χ4v) is 4.74. The van der Waals surface area contributed by atoms with Gasteiger partial charge in [0, 0.05) is 32.7 Å². The molecule has 8 heteroatoms. The van der Waals surface area contributed by atoms with Gasteiger partial charge in [-0.15, -0.1) is 11.3 Å². The molecule has 0 aliphatic carbocycles. The molecule has 0 radical (unpaired) electrons. The standard InChI is InChI=1S/C19H29N3O4S/c1-13-10-21(11-14(2)26-13)12-15-4-7-22(8-5-15)19(24)20-16-6-9-27-17(16)18(23)25-3/h6,9,13-15H,4-5,7-8,10-12H2,1-3H3,(H,20,24). The molecule has 3 rings (SSSR count). The van der Waals surface area contributed by atoms with Crippen LogP contribution in [0.4, 0.5) is 10.5 Å². The number of morpholine rings is 1. The van der Waals surface area contributed by atoms with E-state index >= 15 is 0 Å². The van der Waals surface area contributed by atoms with E-state index in [-0.39, 0.29) is 18.2 Å². The van der Waals surface area contributed by atoms with Gasteiger partial charge >= 0.3 is 12.0 Å². The number of likely N-dealkylation sites (tertiary alicyclic amines) is 1. The fourth-order valence-electron chi connectivity index (χ4n) is 3.97. The van der Waals surface area contributed by atoms with E-state index in [0.717, 1.165) is 45.6 Å². The zero-order chi connectivity index (χ0) is 19.4. The first-order valence-electron chi connectivity index (χ1n) is 9.55. The first-order chi connectivity index (χ1) is 13.0. The van der Waals surface area contributed by atoms with Gasteiger partial charge in [-0.2, -0.15) is 0 Å². The normalized spacial score (nSPS) is 24.6. The molecule has 7 nitrogen and oxygen atoms in total. The number of nitrogens with zero attached hydrogens (tertiary/aromatic N) is 2. The van der Waals surface area contributed by atoms with E-state index in [0.29, 0.717) is 16.5 Å². The summed E-state index contributed by atoms with van der Waals surface area (Å²) in [6.07, 6.45) is 2.57. The van der Waals surface area contributed by atoms with Crippen molar-refractivity contribution in [1.29, 1.82) is 0 Å². The molecule has 0 aromatic carbocycles. The predicted molar refractivity (Wildman–Crippen MR) is 105 cm³/mol. The van der Waals surface area contributed by atoms with Crippen LogP contribution >= 0.6 is 11.3 Å². The summed E-state index contributed by atoms with van der Waals surface area (Å²) in [6, 6.07) is 1.59. The third kappa shape index (κ3) is 5.21. The van der Waals surface area contributed by atoms with Crippen molar-refractivity contribution in [3.05, 3.63) is 16.3 Å². The highest BCUT2D eigenvalue weighted by molar-refractivity contribution is 7.12. The number of hydrogen-bond acceptors (Lipinski definition) is 6. The summed E-state index contributed by atoms with van der Waals surface area (Å²) in [5.41, 5.74) is 0.523. The maximum Gasteiger partial charge on any atom is 0.350 e. The van der Waals surface area contributed by atoms with Crippen molar-refractivity contribution in [3.8, 4) is 0 Å². The lowest BCUT2D eigenvalue weighted by atomic mass is 9.96. The SMILES string of the molecule is COC(=O)c1sccc1NC(=O)N1CCC(CN2CC(C)OC(C)C2)CC1. The Kier molecular flexibility index (Phi) is 6.73. The van der Waals surface area contributed by atoms with Gasteiger partial charge in [0.25, 0.3) is 0 Å². The maximum absolute atomic E-state index is 12.6. The van der Waals surface area contributed by atoms with Crippen molar-refractivity contribution in [2.24, 2.45) is 5.92 Å². The fraction of sp³-hybridized carbons (Fsp3) is 0.684. The van der Waals surface area contributed by atoms with Crippen molar-refractivity contribution in [2.45, 2.75) is 38.9 Å². The molecule has 2 saturated heterocycles. The van der Waals surface area contributed by atoms with Crippen molar-refractivity contribution in [1.82, 2.24) is 9.80 Å². The number of anilines is 1. The summed E-state index contributed by atoms with van der Waals surface area (Å²) in [7, 11) is 1.34. The van der Waals surface area contributed by atoms with Crippen molar-refractivity contribution >= 4 is 29.0 Å².